The van der Waals surface area contributed by atoms with Crippen LogP contribution in [0.2, 0.25) is 0 Å². The first-order chi connectivity index (χ1) is 11.9. The van der Waals surface area contributed by atoms with E-state index in [1.54, 1.807) is 0 Å². The van der Waals surface area contributed by atoms with Gasteiger partial charge in [0, 0.05) is 19.2 Å². The van der Waals surface area contributed by atoms with E-state index in [1.807, 2.05) is 0 Å². The Balaban J connectivity index is 1.98. The molecule has 0 spiro atoms. The summed E-state index contributed by atoms with van der Waals surface area (Å²) in [7, 11) is -2.41. The molecule has 0 aliphatic carbocycles. The average molecular weight is 368 g/mol. The number of nitrogens with zero attached hydrogens (tertiary/aromatic N) is 2. The summed E-state index contributed by atoms with van der Waals surface area (Å²) in [5.74, 6) is -1.32. The number of hydrogen-bond donors (Lipinski definition) is 0. The lowest BCUT2D eigenvalue weighted by molar-refractivity contribution is -0.141. The molecule has 0 atom stereocenters. The third kappa shape index (κ3) is 3.47. The Morgan fingerprint density at radius 1 is 1.20 bits per heavy atom. The molecule has 2 heterocycles. The summed E-state index contributed by atoms with van der Waals surface area (Å²) >= 11 is 0. The smallest absolute Gasteiger partial charge is 0.420 e. The topological polar surface area (TPSA) is 98.8 Å². The van der Waals surface area contributed by atoms with E-state index in [1.165, 1.54) is 29.6 Å². The predicted octanol–water partition coefficient (Wildman–Crippen LogP) is 1.33. The van der Waals surface area contributed by atoms with Crippen molar-refractivity contribution in [3.63, 3.8) is 0 Å². The van der Waals surface area contributed by atoms with Crippen molar-refractivity contribution >= 4 is 27.1 Å². The van der Waals surface area contributed by atoms with Gasteiger partial charge in [-0.05, 0) is 25.0 Å². The highest BCUT2D eigenvalue weighted by Gasteiger charge is 2.26. The van der Waals surface area contributed by atoms with Gasteiger partial charge in [-0.1, -0.05) is 12.8 Å². The van der Waals surface area contributed by atoms with Crippen molar-refractivity contribution in [1.82, 2.24) is 8.87 Å². The van der Waals surface area contributed by atoms with Crippen molar-refractivity contribution in [2.45, 2.75) is 37.1 Å². The second-order valence-corrected chi connectivity index (χ2v) is 7.92. The molecule has 1 saturated heterocycles. The quantitative estimate of drug-likeness (QED) is 0.755. The maximum atomic E-state index is 12.8. The van der Waals surface area contributed by atoms with E-state index in [9.17, 15) is 18.0 Å². The number of ether oxygens (including phenoxy) is 1. The number of fused-ring (bicyclic) bond motifs is 1. The zero-order valence-corrected chi connectivity index (χ0v) is 14.8. The highest BCUT2D eigenvalue weighted by molar-refractivity contribution is 7.89. The molecular formula is C16H20N2O6S. The lowest BCUT2D eigenvalue weighted by Crippen LogP contribution is -2.31. The minimum atomic E-state index is -3.64. The molecule has 1 fully saturated rings. The lowest BCUT2D eigenvalue weighted by Gasteiger charge is -2.19. The summed E-state index contributed by atoms with van der Waals surface area (Å²) in [6.07, 6.45) is 3.73. The van der Waals surface area contributed by atoms with E-state index in [-0.39, 0.29) is 17.0 Å². The minimum absolute atomic E-state index is 0.0841. The van der Waals surface area contributed by atoms with Crippen molar-refractivity contribution in [1.29, 1.82) is 0 Å². The van der Waals surface area contributed by atoms with Crippen LogP contribution < -0.4 is 5.76 Å². The second-order valence-electron chi connectivity index (χ2n) is 5.98. The number of oxazole rings is 1. The van der Waals surface area contributed by atoms with Crippen LogP contribution in [0.3, 0.4) is 0 Å². The molecule has 1 aromatic heterocycles. The van der Waals surface area contributed by atoms with Gasteiger partial charge in [-0.3, -0.25) is 9.36 Å². The van der Waals surface area contributed by atoms with E-state index >= 15 is 0 Å². The predicted molar refractivity (Wildman–Crippen MR) is 89.7 cm³/mol. The summed E-state index contributed by atoms with van der Waals surface area (Å²) < 4.78 is 37.9. The van der Waals surface area contributed by atoms with E-state index in [0.717, 1.165) is 30.3 Å². The lowest BCUT2D eigenvalue weighted by atomic mass is 10.2. The zero-order chi connectivity index (χ0) is 18.0. The largest absolute Gasteiger partial charge is 0.468 e. The maximum absolute atomic E-state index is 12.8. The number of sulfonamides is 1. The third-order valence-corrected chi connectivity index (χ3v) is 6.25. The van der Waals surface area contributed by atoms with Crippen molar-refractivity contribution in [2.75, 3.05) is 20.2 Å². The van der Waals surface area contributed by atoms with Gasteiger partial charge in [0.05, 0.1) is 17.5 Å². The number of carbonyl (C=O) groups excluding carboxylic acids is 1. The first-order valence-corrected chi connectivity index (χ1v) is 9.58. The van der Waals surface area contributed by atoms with Crippen molar-refractivity contribution in [3.8, 4) is 0 Å². The Hall–Kier alpha value is -2.13. The molecule has 3 rings (SSSR count). The van der Waals surface area contributed by atoms with Gasteiger partial charge >= 0.3 is 11.7 Å². The van der Waals surface area contributed by atoms with Gasteiger partial charge in [-0.15, -0.1) is 0 Å². The molecule has 2 aromatic rings. The molecular weight excluding hydrogens is 348 g/mol. The number of hydrogen-bond acceptors (Lipinski definition) is 6. The van der Waals surface area contributed by atoms with Crippen LogP contribution in [0.1, 0.15) is 25.7 Å². The van der Waals surface area contributed by atoms with Gasteiger partial charge in [-0.25, -0.2) is 13.2 Å². The van der Waals surface area contributed by atoms with Crippen LogP contribution in [-0.4, -0.2) is 43.5 Å². The van der Waals surface area contributed by atoms with E-state index in [0.29, 0.717) is 18.6 Å². The Labute approximate surface area is 145 Å². The van der Waals surface area contributed by atoms with Gasteiger partial charge in [-0.2, -0.15) is 4.31 Å². The number of methoxy groups -OCH3 is 1. The molecule has 136 valence electrons. The third-order valence-electron chi connectivity index (χ3n) is 4.36. The van der Waals surface area contributed by atoms with Crippen LogP contribution in [0.25, 0.3) is 11.1 Å². The van der Waals surface area contributed by atoms with Crippen molar-refractivity contribution < 1.29 is 22.4 Å². The fourth-order valence-corrected chi connectivity index (χ4v) is 4.51. The molecule has 0 amide bonds. The van der Waals surface area contributed by atoms with Crippen molar-refractivity contribution in [3.05, 3.63) is 28.7 Å². The minimum Gasteiger partial charge on any atom is -0.468 e. The molecule has 0 N–H and O–H groups in total. The molecule has 25 heavy (non-hydrogen) atoms. The molecule has 0 bridgehead atoms. The fourth-order valence-electron chi connectivity index (χ4n) is 2.98. The Morgan fingerprint density at radius 2 is 1.88 bits per heavy atom. The highest BCUT2D eigenvalue weighted by Crippen LogP contribution is 2.24. The number of rotatable bonds is 4. The monoisotopic (exact) mass is 368 g/mol. The first kappa shape index (κ1) is 17.7. The summed E-state index contributed by atoms with van der Waals surface area (Å²) in [4.78, 5) is 23.4. The molecule has 0 unspecified atom stereocenters. The van der Waals surface area contributed by atoms with Gasteiger partial charge in [0.15, 0.2) is 5.58 Å². The summed E-state index contributed by atoms with van der Waals surface area (Å²) in [5, 5.41) is 0. The molecule has 8 nitrogen and oxygen atoms in total. The normalized spacial score (nSPS) is 16.7. The molecule has 1 aliphatic rings. The van der Waals surface area contributed by atoms with Crippen LogP contribution in [0.4, 0.5) is 0 Å². The summed E-state index contributed by atoms with van der Waals surface area (Å²) in [6.45, 7) is 0.696. The number of aromatic nitrogens is 1. The van der Waals surface area contributed by atoms with E-state index in [4.69, 9.17) is 4.42 Å². The van der Waals surface area contributed by atoms with Gasteiger partial charge < -0.3 is 9.15 Å². The Bertz CT molecular complexity index is 935. The molecule has 0 saturated carbocycles. The van der Waals surface area contributed by atoms with Gasteiger partial charge in [0.1, 0.15) is 6.54 Å². The highest BCUT2D eigenvalue weighted by atomic mass is 32.2. The van der Waals surface area contributed by atoms with Crippen LogP contribution in [0, 0.1) is 0 Å². The molecule has 1 aromatic carbocycles. The summed E-state index contributed by atoms with van der Waals surface area (Å²) in [6, 6.07) is 4.25. The number of carbonyl (C=O) groups is 1. The Morgan fingerprint density at radius 3 is 2.52 bits per heavy atom. The first-order valence-electron chi connectivity index (χ1n) is 8.14. The standard InChI is InChI=1S/C16H20N2O6S/c1-23-15(19)11-18-13-7-6-12(10-14(13)24-16(18)20)25(21,22)17-8-4-2-3-5-9-17/h6-7,10H,2-5,8-9,11H2,1H3. The van der Waals surface area contributed by atoms with Crippen LogP contribution >= 0.6 is 0 Å². The van der Waals surface area contributed by atoms with Gasteiger partial charge in [0.25, 0.3) is 0 Å². The van der Waals surface area contributed by atoms with Crippen LogP contribution in [-0.2, 0) is 26.1 Å². The molecule has 1 aliphatic heterocycles. The second kappa shape index (κ2) is 7.01. The van der Waals surface area contributed by atoms with Crippen LogP contribution in [0.5, 0.6) is 0 Å². The number of benzene rings is 1. The summed E-state index contributed by atoms with van der Waals surface area (Å²) in [5.41, 5.74) is 0.481. The van der Waals surface area contributed by atoms with E-state index in [2.05, 4.69) is 4.74 Å². The fraction of sp³-hybridized carbons (Fsp3) is 0.500. The SMILES string of the molecule is COC(=O)Cn1c(=O)oc2cc(S(=O)(=O)N3CCCCCC3)ccc21. The van der Waals surface area contributed by atoms with E-state index < -0.39 is 21.7 Å². The maximum Gasteiger partial charge on any atom is 0.420 e. The van der Waals surface area contributed by atoms with Crippen LogP contribution in [0.15, 0.2) is 32.3 Å². The number of esters is 1. The van der Waals surface area contributed by atoms with Crippen molar-refractivity contribution in [2.24, 2.45) is 0 Å². The average Bonchev–Trinajstić information content (AvgIpc) is 2.79. The molecule has 0 radical (unpaired) electrons. The van der Waals surface area contributed by atoms with Gasteiger partial charge in [0.2, 0.25) is 10.0 Å². The molecule has 9 heteroatoms. The zero-order valence-electron chi connectivity index (χ0n) is 13.9. The Kier molecular flexibility index (Phi) is 4.96.